The van der Waals surface area contributed by atoms with Crippen LogP contribution in [-0.2, 0) is 4.79 Å². The van der Waals surface area contributed by atoms with Crippen LogP contribution >= 0.6 is 0 Å². The summed E-state index contributed by atoms with van der Waals surface area (Å²) in [6.07, 6.45) is -2.74. The maximum Gasteiger partial charge on any atom is 0.503 e. The number of hydrogen-bond acceptors (Lipinski definition) is 3. The first-order valence-corrected chi connectivity index (χ1v) is 2.74. The molecule has 0 rings (SSSR count). The molecule has 0 amide bonds. The summed E-state index contributed by atoms with van der Waals surface area (Å²) in [5, 5.41) is 30.2. The third-order valence-corrected chi connectivity index (χ3v) is 0.672. The smallest absolute Gasteiger partial charge is 0.479 e. The zero-order chi connectivity index (χ0) is 9.44. The van der Waals surface area contributed by atoms with E-state index in [1.54, 1.807) is 6.92 Å². The number of aliphatic hydroxyl groups is 1. The zero-order valence-electron chi connectivity index (χ0n) is 5.89. The monoisotopic (exact) mass is 166 g/mol. The number of carbonyl (C=O) groups is 2. The molecule has 0 spiro atoms. The van der Waals surface area contributed by atoms with Gasteiger partial charge in [0.2, 0.25) is 0 Å². The lowest BCUT2D eigenvalue weighted by Gasteiger charge is -1.95. The molecule has 0 aromatic heterocycles. The third-order valence-electron chi connectivity index (χ3n) is 0.672. The Morgan fingerprint density at radius 2 is 1.55 bits per heavy atom. The second-order valence-electron chi connectivity index (χ2n) is 1.54. The minimum Gasteiger partial charge on any atom is -0.479 e. The third kappa shape index (κ3) is 17.7. The Bertz CT molecular complexity index is 127. The van der Waals surface area contributed by atoms with Crippen LogP contribution in [0.3, 0.4) is 0 Å². The van der Waals surface area contributed by atoms with E-state index in [1.165, 1.54) is 0 Å². The van der Waals surface area contributed by atoms with Crippen molar-refractivity contribution in [1.29, 1.82) is 0 Å². The number of hydrogen-bond donors (Lipinski definition) is 4. The second kappa shape index (κ2) is 6.81. The van der Waals surface area contributed by atoms with Crippen LogP contribution in [0.4, 0.5) is 4.79 Å². The van der Waals surface area contributed by atoms with Crippen LogP contribution in [0.15, 0.2) is 0 Å². The van der Waals surface area contributed by atoms with Crippen LogP contribution < -0.4 is 0 Å². The first-order chi connectivity index (χ1) is 4.91. The average Bonchev–Trinajstić information content (AvgIpc) is 1.85. The van der Waals surface area contributed by atoms with Gasteiger partial charge in [-0.25, -0.2) is 9.59 Å². The van der Waals surface area contributed by atoms with Crippen molar-refractivity contribution in [2.45, 2.75) is 19.4 Å². The molecule has 0 radical (unpaired) electrons. The minimum atomic E-state index is -1.83. The molecule has 11 heavy (non-hydrogen) atoms. The fourth-order valence-electron chi connectivity index (χ4n) is 0.175. The summed E-state index contributed by atoms with van der Waals surface area (Å²) in [6.45, 7) is 1.61. The molecule has 0 aromatic rings. The van der Waals surface area contributed by atoms with Crippen LogP contribution in [0.25, 0.3) is 0 Å². The highest BCUT2D eigenvalue weighted by molar-refractivity contribution is 5.71. The fourth-order valence-corrected chi connectivity index (χ4v) is 0.175. The van der Waals surface area contributed by atoms with Crippen molar-refractivity contribution in [3.05, 3.63) is 0 Å². The first-order valence-electron chi connectivity index (χ1n) is 2.74. The molecule has 66 valence electrons. The van der Waals surface area contributed by atoms with E-state index in [9.17, 15) is 4.79 Å². The molecule has 0 fully saturated rings. The summed E-state index contributed by atoms with van der Waals surface area (Å²) in [7, 11) is 0. The van der Waals surface area contributed by atoms with Gasteiger partial charge in [0.15, 0.2) is 6.10 Å². The number of aliphatic hydroxyl groups excluding tert-OH is 1. The van der Waals surface area contributed by atoms with Crippen molar-refractivity contribution in [2.75, 3.05) is 0 Å². The maximum absolute atomic E-state index is 9.68. The van der Waals surface area contributed by atoms with E-state index in [2.05, 4.69) is 0 Å². The largest absolute Gasteiger partial charge is 0.503 e. The summed E-state index contributed by atoms with van der Waals surface area (Å²) in [5.41, 5.74) is 0. The molecule has 0 saturated heterocycles. The van der Waals surface area contributed by atoms with Crippen molar-refractivity contribution in [3.63, 3.8) is 0 Å². The van der Waals surface area contributed by atoms with Crippen molar-refractivity contribution >= 4 is 12.1 Å². The highest BCUT2D eigenvalue weighted by Gasteiger charge is 2.07. The Morgan fingerprint density at radius 1 is 1.27 bits per heavy atom. The van der Waals surface area contributed by atoms with E-state index >= 15 is 0 Å². The molecule has 0 aliphatic rings. The van der Waals surface area contributed by atoms with Crippen molar-refractivity contribution < 1.29 is 30.0 Å². The number of aliphatic carboxylic acids is 1. The molecule has 1 unspecified atom stereocenters. The maximum atomic E-state index is 9.68. The Morgan fingerprint density at radius 3 is 1.55 bits per heavy atom. The van der Waals surface area contributed by atoms with E-state index in [-0.39, 0.29) is 6.42 Å². The zero-order valence-corrected chi connectivity index (χ0v) is 5.89. The van der Waals surface area contributed by atoms with Gasteiger partial charge in [-0.05, 0) is 6.42 Å². The van der Waals surface area contributed by atoms with Crippen molar-refractivity contribution in [2.24, 2.45) is 0 Å². The molecule has 6 nitrogen and oxygen atoms in total. The standard InChI is InChI=1S/C4H8O3.CH2O3/c1-2-3(5)4(6)7;2-1(3)4/h3,5H,2H2,1H3,(H,6,7);(H2,2,3,4). The van der Waals surface area contributed by atoms with Gasteiger partial charge >= 0.3 is 12.1 Å². The lowest BCUT2D eigenvalue weighted by molar-refractivity contribution is -0.146. The predicted octanol–water partition coefficient (Wildman–Crippen LogP) is 0.0643. The molecular weight excluding hydrogens is 156 g/mol. The molecule has 0 aliphatic carbocycles. The average molecular weight is 166 g/mol. The quantitative estimate of drug-likeness (QED) is 0.461. The molecular formula is C5H10O6. The number of rotatable bonds is 2. The molecule has 6 heteroatoms. The fraction of sp³-hybridized carbons (Fsp3) is 0.600. The molecule has 4 N–H and O–H groups in total. The van der Waals surface area contributed by atoms with Gasteiger partial charge in [0.25, 0.3) is 0 Å². The van der Waals surface area contributed by atoms with Crippen LogP contribution in [0.2, 0.25) is 0 Å². The molecule has 0 heterocycles. The van der Waals surface area contributed by atoms with Gasteiger partial charge < -0.3 is 20.4 Å². The highest BCUT2D eigenvalue weighted by Crippen LogP contribution is 1.86. The lowest BCUT2D eigenvalue weighted by atomic mass is 10.3. The Labute approximate surface area is 62.7 Å². The molecule has 0 saturated carbocycles. The summed E-state index contributed by atoms with van der Waals surface area (Å²) in [4.78, 5) is 18.2. The van der Waals surface area contributed by atoms with E-state index in [0.717, 1.165) is 0 Å². The molecule has 0 aromatic carbocycles. The second-order valence-corrected chi connectivity index (χ2v) is 1.54. The first kappa shape index (κ1) is 12.4. The Balaban J connectivity index is 0. The summed E-state index contributed by atoms with van der Waals surface area (Å²) in [5.74, 6) is -1.15. The van der Waals surface area contributed by atoms with Gasteiger partial charge in [-0.3, -0.25) is 0 Å². The Kier molecular flexibility index (Phi) is 7.67. The van der Waals surface area contributed by atoms with Gasteiger partial charge in [0.1, 0.15) is 0 Å². The summed E-state index contributed by atoms with van der Waals surface area (Å²) < 4.78 is 0. The van der Waals surface area contributed by atoms with Crippen molar-refractivity contribution in [1.82, 2.24) is 0 Å². The number of carboxylic acids is 1. The van der Waals surface area contributed by atoms with E-state index < -0.39 is 18.2 Å². The van der Waals surface area contributed by atoms with Crippen LogP contribution in [0.1, 0.15) is 13.3 Å². The van der Waals surface area contributed by atoms with E-state index in [0.29, 0.717) is 0 Å². The van der Waals surface area contributed by atoms with Crippen LogP contribution in [-0.4, -0.2) is 38.7 Å². The topological polar surface area (TPSA) is 115 Å². The summed E-state index contributed by atoms with van der Waals surface area (Å²) in [6, 6.07) is 0. The number of carboxylic acid groups (broad SMARTS) is 3. The highest BCUT2D eigenvalue weighted by atomic mass is 16.6. The van der Waals surface area contributed by atoms with Crippen molar-refractivity contribution in [3.8, 4) is 0 Å². The SMILES string of the molecule is CCC(O)C(=O)O.O=C(O)O. The molecule has 1 atom stereocenters. The Hall–Kier alpha value is -1.30. The molecule has 0 aliphatic heterocycles. The molecule has 0 bridgehead atoms. The van der Waals surface area contributed by atoms with E-state index in [1.807, 2.05) is 0 Å². The van der Waals surface area contributed by atoms with Crippen LogP contribution in [0, 0.1) is 0 Å². The van der Waals surface area contributed by atoms with Gasteiger partial charge in [-0.15, -0.1) is 0 Å². The van der Waals surface area contributed by atoms with Gasteiger partial charge in [-0.2, -0.15) is 0 Å². The van der Waals surface area contributed by atoms with Gasteiger partial charge in [0.05, 0.1) is 0 Å². The normalized spacial score (nSPS) is 10.7. The van der Waals surface area contributed by atoms with Gasteiger partial charge in [0, 0.05) is 0 Å². The van der Waals surface area contributed by atoms with E-state index in [4.69, 9.17) is 25.2 Å². The minimum absolute atomic E-state index is 0.273. The van der Waals surface area contributed by atoms with Crippen LogP contribution in [0.5, 0.6) is 0 Å². The van der Waals surface area contributed by atoms with Gasteiger partial charge in [-0.1, -0.05) is 6.92 Å². The summed E-state index contributed by atoms with van der Waals surface area (Å²) >= 11 is 0. The lowest BCUT2D eigenvalue weighted by Crippen LogP contribution is -2.17. The predicted molar refractivity (Wildman–Crippen MR) is 34.6 cm³/mol.